The zero-order chi connectivity index (χ0) is 22.2. The topological polar surface area (TPSA) is 81.7 Å². The Labute approximate surface area is 180 Å². The summed E-state index contributed by atoms with van der Waals surface area (Å²) in [6.07, 6.45) is 0.0165. The summed E-state index contributed by atoms with van der Waals surface area (Å²) in [5.74, 6) is -0.475. The number of ketones is 1. The molecule has 0 radical (unpaired) electrons. The van der Waals surface area contributed by atoms with Crippen molar-refractivity contribution in [2.75, 3.05) is 19.0 Å². The smallest absolute Gasteiger partial charge is 0.310 e. The molecule has 6 heteroatoms. The lowest BCUT2D eigenvalue weighted by Crippen LogP contribution is -2.16. The van der Waals surface area contributed by atoms with E-state index in [1.54, 1.807) is 54.6 Å². The summed E-state index contributed by atoms with van der Waals surface area (Å²) in [6.45, 7) is 1.56. The number of anilines is 1. The monoisotopic (exact) mass is 417 g/mol. The number of aryl methyl sites for hydroxylation is 1. The molecule has 0 unspecified atom stereocenters. The molecule has 1 N–H and O–H groups in total. The lowest BCUT2D eigenvalue weighted by Gasteiger charge is -2.10. The Morgan fingerprint density at radius 2 is 1.58 bits per heavy atom. The highest BCUT2D eigenvalue weighted by molar-refractivity contribution is 6.04. The Morgan fingerprint density at radius 1 is 0.871 bits per heavy atom. The van der Waals surface area contributed by atoms with Gasteiger partial charge in [-0.25, -0.2) is 0 Å². The van der Waals surface area contributed by atoms with Crippen LogP contribution in [0.4, 0.5) is 5.69 Å². The summed E-state index contributed by atoms with van der Waals surface area (Å²) in [4.78, 5) is 36.7. The molecule has 0 aliphatic rings. The van der Waals surface area contributed by atoms with Gasteiger partial charge in [0.05, 0.1) is 13.5 Å². The van der Waals surface area contributed by atoms with Gasteiger partial charge in [0.25, 0.3) is 5.91 Å². The predicted octanol–water partition coefficient (Wildman–Crippen LogP) is 4.22. The van der Waals surface area contributed by atoms with Crippen molar-refractivity contribution in [2.24, 2.45) is 0 Å². The van der Waals surface area contributed by atoms with E-state index < -0.39 is 5.97 Å². The Bertz CT molecular complexity index is 1070. The van der Waals surface area contributed by atoms with Crippen LogP contribution in [0.15, 0.2) is 72.8 Å². The summed E-state index contributed by atoms with van der Waals surface area (Å²) < 4.78 is 10.4. The van der Waals surface area contributed by atoms with Gasteiger partial charge in [0.1, 0.15) is 5.75 Å². The average molecular weight is 417 g/mol. The number of ether oxygens (including phenoxy) is 2. The number of benzene rings is 3. The SMILES string of the molecule is COc1ccc(C)cc1CC(=O)OCC(=O)c1ccc(NC(=O)c2ccccc2)cc1. The van der Waals surface area contributed by atoms with Crippen molar-refractivity contribution >= 4 is 23.3 Å². The molecule has 1 amide bonds. The van der Waals surface area contributed by atoms with Crippen LogP contribution in [0.3, 0.4) is 0 Å². The van der Waals surface area contributed by atoms with Crippen LogP contribution in [0.5, 0.6) is 5.75 Å². The van der Waals surface area contributed by atoms with E-state index in [1.165, 1.54) is 7.11 Å². The standard InChI is InChI=1S/C25H23NO5/c1-17-8-13-23(30-2)20(14-17)15-24(28)31-16-22(27)18-9-11-21(12-10-18)26-25(29)19-6-4-3-5-7-19/h3-14H,15-16H2,1-2H3,(H,26,29). The minimum absolute atomic E-state index is 0.0165. The van der Waals surface area contributed by atoms with Gasteiger partial charge in [-0.05, 0) is 49.4 Å². The third-order valence-electron chi connectivity index (χ3n) is 4.64. The Morgan fingerprint density at radius 3 is 2.26 bits per heavy atom. The first-order valence-corrected chi connectivity index (χ1v) is 9.75. The summed E-state index contributed by atoms with van der Waals surface area (Å²) in [7, 11) is 1.54. The van der Waals surface area contributed by atoms with E-state index in [-0.39, 0.29) is 24.7 Å². The van der Waals surface area contributed by atoms with E-state index in [0.717, 1.165) is 5.56 Å². The highest BCUT2D eigenvalue weighted by atomic mass is 16.5. The third-order valence-corrected chi connectivity index (χ3v) is 4.64. The number of hydrogen-bond acceptors (Lipinski definition) is 5. The van der Waals surface area contributed by atoms with E-state index in [9.17, 15) is 14.4 Å². The Kier molecular flexibility index (Phi) is 7.17. The molecule has 0 saturated carbocycles. The second-order valence-electron chi connectivity index (χ2n) is 6.97. The maximum absolute atomic E-state index is 12.3. The van der Waals surface area contributed by atoms with Gasteiger partial charge in [-0.1, -0.05) is 35.9 Å². The van der Waals surface area contributed by atoms with Gasteiger partial charge in [0, 0.05) is 22.4 Å². The second-order valence-corrected chi connectivity index (χ2v) is 6.97. The molecule has 0 heterocycles. The normalized spacial score (nSPS) is 10.3. The van der Waals surface area contributed by atoms with Crippen LogP contribution in [0, 0.1) is 6.92 Å². The molecule has 0 bridgehead atoms. The van der Waals surface area contributed by atoms with E-state index in [1.807, 2.05) is 25.1 Å². The lowest BCUT2D eigenvalue weighted by molar-refractivity contribution is -0.141. The largest absolute Gasteiger partial charge is 0.496 e. The minimum Gasteiger partial charge on any atom is -0.496 e. The van der Waals surface area contributed by atoms with Crippen molar-refractivity contribution in [1.82, 2.24) is 0 Å². The van der Waals surface area contributed by atoms with Crippen LogP contribution >= 0.6 is 0 Å². The number of Topliss-reactive ketones (excluding diaryl/α,β-unsaturated/α-hetero) is 1. The van der Waals surface area contributed by atoms with E-state index in [2.05, 4.69) is 5.32 Å². The molecule has 6 nitrogen and oxygen atoms in total. The van der Waals surface area contributed by atoms with Gasteiger partial charge >= 0.3 is 5.97 Å². The molecular weight excluding hydrogens is 394 g/mol. The number of methoxy groups -OCH3 is 1. The van der Waals surface area contributed by atoms with E-state index in [4.69, 9.17) is 9.47 Å². The molecule has 0 atom stereocenters. The molecule has 31 heavy (non-hydrogen) atoms. The fourth-order valence-corrected chi connectivity index (χ4v) is 3.01. The van der Waals surface area contributed by atoms with Crippen LogP contribution in [0.2, 0.25) is 0 Å². The van der Waals surface area contributed by atoms with Crippen LogP contribution in [-0.2, 0) is 16.0 Å². The van der Waals surface area contributed by atoms with Crippen molar-refractivity contribution in [1.29, 1.82) is 0 Å². The van der Waals surface area contributed by atoms with Gasteiger partial charge in [0.2, 0.25) is 0 Å². The number of rotatable bonds is 8. The molecule has 3 aromatic carbocycles. The molecule has 0 spiro atoms. The summed E-state index contributed by atoms with van der Waals surface area (Å²) in [6, 6.07) is 20.8. The minimum atomic E-state index is -0.510. The first-order valence-electron chi connectivity index (χ1n) is 9.75. The fraction of sp³-hybridized carbons (Fsp3) is 0.160. The zero-order valence-corrected chi connectivity index (χ0v) is 17.4. The summed E-state index contributed by atoms with van der Waals surface area (Å²) in [5.41, 5.74) is 3.20. The summed E-state index contributed by atoms with van der Waals surface area (Å²) >= 11 is 0. The van der Waals surface area contributed by atoms with Gasteiger partial charge in [0.15, 0.2) is 12.4 Å². The van der Waals surface area contributed by atoms with Gasteiger partial charge in [-0.2, -0.15) is 0 Å². The molecular formula is C25H23NO5. The number of amides is 1. The maximum Gasteiger partial charge on any atom is 0.310 e. The first kappa shape index (κ1) is 21.8. The highest BCUT2D eigenvalue weighted by Gasteiger charge is 2.14. The first-order chi connectivity index (χ1) is 15.0. The number of carbonyl (C=O) groups excluding carboxylic acids is 3. The molecule has 3 rings (SSSR count). The van der Waals surface area contributed by atoms with Gasteiger partial charge in [-0.15, -0.1) is 0 Å². The molecule has 0 fully saturated rings. The van der Waals surface area contributed by atoms with Crippen molar-refractivity contribution in [2.45, 2.75) is 13.3 Å². The number of esters is 1. The quantitative estimate of drug-likeness (QED) is 0.438. The number of nitrogens with one attached hydrogen (secondary N) is 1. The molecule has 3 aromatic rings. The zero-order valence-electron chi connectivity index (χ0n) is 17.4. The number of carbonyl (C=O) groups is 3. The number of hydrogen-bond donors (Lipinski definition) is 1. The Hall–Kier alpha value is -3.93. The lowest BCUT2D eigenvalue weighted by atomic mass is 10.1. The molecule has 0 aromatic heterocycles. The third kappa shape index (κ3) is 6.02. The van der Waals surface area contributed by atoms with Gasteiger partial charge in [-0.3, -0.25) is 14.4 Å². The van der Waals surface area contributed by atoms with Crippen molar-refractivity contribution in [3.63, 3.8) is 0 Å². The van der Waals surface area contributed by atoms with Crippen molar-refractivity contribution in [3.05, 3.63) is 95.1 Å². The second kappa shape index (κ2) is 10.2. The highest BCUT2D eigenvalue weighted by Crippen LogP contribution is 2.20. The maximum atomic E-state index is 12.3. The summed E-state index contributed by atoms with van der Waals surface area (Å²) in [5, 5.41) is 2.77. The Balaban J connectivity index is 1.53. The average Bonchev–Trinajstić information content (AvgIpc) is 2.78. The van der Waals surface area contributed by atoms with Crippen LogP contribution in [-0.4, -0.2) is 31.4 Å². The van der Waals surface area contributed by atoms with E-state index in [0.29, 0.717) is 28.1 Å². The van der Waals surface area contributed by atoms with Gasteiger partial charge < -0.3 is 14.8 Å². The molecule has 0 aliphatic heterocycles. The van der Waals surface area contributed by atoms with Crippen LogP contribution in [0.25, 0.3) is 0 Å². The molecule has 0 aliphatic carbocycles. The van der Waals surface area contributed by atoms with Crippen LogP contribution in [0.1, 0.15) is 31.8 Å². The molecule has 158 valence electrons. The van der Waals surface area contributed by atoms with Crippen LogP contribution < -0.4 is 10.1 Å². The fourth-order valence-electron chi connectivity index (χ4n) is 3.01. The van der Waals surface area contributed by atoms with Crippen molar-refractivity contribution in [3.8, 4) is 5.75 Å². The van der Waals surface area contributed by atoms with E-state index >= 15 is 0 Å². The predicted molar refractivity (Wildman–Crippen MR) is 118 cm³/mol. The van der Waals surface area contributed by atoms with Crippen molar-refractivity contribution < 1.29 is 23.9 Å². The molecule has 0 saturated heterocycles.